The van der Waals surface area contributed by atoms with E-state index in [0.717, 1.165) is 33.2 Å². The molecule has 4 aromatic rings. The Labute approximate surface area is 143 Å². The second kappa shape index (κ2) is 6.76. The molecule has 0 saturated carbocycles. The number of benzene rings is 1. The molecular formula is C17H14N6S. The van der Waals surface area contributed by atoms with Crippen LogP contribution in [0.15, 0.2) is 66.1 Å². The lowest BCUT2D eigenvalue weighted by molar-refractivity contribution is 0.664. The molecule has 0 aliphatic rings. The molecule has 3 heterocycles. The molecule has 1 aromatic carbocycles. The van der Waals surface area contributed by atoms with Gasteiger partial charge >= 0.3 is 0 Å². The minimum absolute atomic E-state index is 0.638. The minimum atomic E-state index is 0.638. The third-order valence-corrected chi connectivity index (χ3v) is 4.54. The van der Waals surface area contributed by atoms with Crippen LogP contribution in [-0.2, 0) is 12.3 Å². The summed E-state index contributed by atoms with van der Waals surface area (Å²) in [6, 6.07) is 16.0. The van der Waals surface area contributed by atoms with Gasteiger partial charge in [-0.05, 0) is 17.7 Å². The van der Waals surface area contributed by atoms with Crippen LogP contribution in [0.1, 0.15) is 11.3 Å². The zero-order chi connectivity index (χ0) is 16.2. The van der Waals surface area contributed by atoms with Crippen molar-refractivity contribution in [2.75, 3.05) is 0 Å². The van der Waals surface area contributed by atoms with E-state index in [9.17, 15) is 0 Å². The normalized spacial score (nSPS) is 11.0. The second-order valence-corrected chi connectivity index (χ2v) is 6.16. The molecule has 0 N–H and O–H groups in total. The highest BCUT2D eigenvalue weighted by Gasteiger charge is 2.12. The Balaban J connectivity index is 1.59. The maximum Gasteiger partial charge on any atom is 0.183 e. The van der Waals surface area contributed by atoms with E-state index in [-0.39, 0.29) is 0 Å². The number of hydrogen-bond acceptors (Lipinski definition) is 6. The highest BCUT2D eigenvalue weighted by Crippen LogP contribution is 2.25. The van der Waals surface area contributed by atoms with E-state index < -0.39 is 0 Å². The predicted molar refractivity (Wildman–Crippen MR) is 92.5 cm³/mol. The molecule has 4 rings (SSSR count). The van der Waals surface area contributed by atoms with Crippen molar-refractivity contribution in [1.29, 1.82) is 0 Å². The molecule has 6 nitrogen and oxygen atoms in total. The summed E-state index contributed by atoms with van der Waals surface area (Å²) in [5.41, 5.74) is 3.64. The molecule has 7 heteroatoms. The fourth-order valence-corrected chi connectivity index (χ4v) is 3.21. The van der Waals surface area contributed by atoms with Crippen molar-refractivity contribution in [3.63, 3.8) is 0 Å². The van der Waals surface area contributed by atoms with E-state index in [0.29, 0.717) is 6.54 Å². The van der Waals surface area contributed by atoms with E-state index in [2.05, 4.69) is 37.4 Å². The summed E-state index contributed by atoms with van der Waals surface area (Å²) >= 11 is 1.59. The summed E-state index contributed by atoms with van der Waals surface area (Å²) in [5, 5.41) is 9.34. The highest BCUT2D eigenvalue weighted by atomic mass is 32.2. The molecule has 24 heavy (non-hydrogen) atoms. The van der Waals surface area contributed by atoms with Crippen LogP contribution < -0.4 is 0 Å². The largest absolute Gasteiger partial charge is 0.260 e. The molecule has 0 saturated heterocycles. The van der Waals surface area contributed by atoms with Gasteiger partial charge in [-0.3, -0.25) is 4.98 Å². The average Bonchev–Trinajstić information content (AvgIpc) is 3.05. The van der Waals surface area contributed by atoms with Crippen molar-refractivity contribution < 1.29 is 0 Å². The molecule has 0 aliphatic carbocycles. The lowest BCUT2D eigenvalue weighted by Gasteiger charge is -2.03. The first kappa shape index (κ1) is 14.8. The van der Waals surface area contributed by atoms with Gasteiger partial charge in [-0.2, -0.15) is 0 Å². The molecule has 0 amide bonds. The van der Waals surface area contributed by atoms with Crippen molar-refractivity contribution in [2.45, 2.75) is 17.3 Å². The average molecular weight is 334 g/mol. The number of aromatic nitrogens is 6. The molecule has 0 bridgehead atoms. The van der Waals surface area contributed by atoms with Crippen LogP contribution in [0, 0.1) is 0 Å². The van der Waals surface area contributed by atoms with Gasteiger partial charge < -0.3 is 0 Å². The number of thioether (sulfide) groups is 1. The molecule has 0 fully saturated rings. The number of fused-ring (bicyclic) bond motifs is 1. The SMILES string of the molecule is c1ccc(Cn2nnc3c(SCc4ccccn4)ncnc32)cc1. The lowest BCUT2D eigenvalue weighted by Crippen LogP contribution is -2.02. The van der Waals surface area contributed by atoms with E-state index in [4.69, 9.17) is 0 Å². The maximum atomic E-state index is 4.35. The van der Waals surface area contributed by atoms with E-state index in [1.165, 1.54) is 0 Å². The Morgan fingerprint density at radius 2 is 1.79 bits per heavy atom. The summed E-state index contributed by atoms with van der Waals surface area (Å²) in [5.74, 6) is 0.735. The standard InChI is InChI=1S/C17H14N6S/c1-2-6-13(7-3-1)10-23-16-15(21-22-23)17(20-12-19-16)24-11-14-8-4-5-9-18-14/h1-9,12H,10-11H2. The number of pyridine rings is 1. The number of rotatable bonds is 5. The Bertz CT molecular complexity index is 939. The van der Waals surface area contributed by atoms with Gasteiger partial charge in [0.2, 0.25) is 0 Å². The first-order chi connectivity index (χ1) is 11.9. The molecule has 0 unspecified atom stereocenters. The van der Waals surface area contributed by atoms with Crippen LogP contribution in [-0.4, -0.2) is 29.9 Å². The van der Waals surface area contributed by atoms with Crippen LogP contribution in [0.25, 0.3) is 11.2 Å². The molecule has 0 spiro atoms. The zero-order valence-electron chi connectivity index (χ0n) is 12.8. The Morgan fingerprint density at radius 3 is 2.62 bits per heavy atom. The third-order valence-electron chi connectivity index (χ3n) is 3.52. The van der Waals surface area contributed by atoms with Crippen molar-refractivity contribution >= 4 is 22.9 Å². The first-order valence-corrected chi connectivity index (χ1v) is 8.49. The second-order valence-electron chi connectivity index (χ2n) is 5.19. The summed E-state index contributed by atoms with van der Waals surface area (Å²) < 4.78 is 1.80. The van der Waals surface area contributed by atoms with Gasteiger partial charge in [0.15, 0.2) is 11.2 Å². The minimum Gasteiger partial charge on any atom is -0.260 e. The van der Waals surface area contributed by atoms with Gasteiger partial charge in [0.25, 0.3) is 0 Å². The van der Waals surface area contributed by atoms with Crippen molar-refractivity contribution in [3.8, 4) is 0 Å². The summed E-state index contributed by atoms with van der Waals surface area (Å²) in [6.45, 7) is 0.638. The van der Waals surface area contributed by atoms with Gasteiger partial charge in [0.1, 0.15) is 11.4 Å². The van der Waals surface area contributed by atoms with Crippen LogP contribution in [0.4, 0.5) is 0 Å². The molecule has 0 atom stereocenters. The van der Waals surface area contributed by atoms with E-state index >= 15 is 0 Å². The van der Waals surface area contributed by atoms with Gasteiger partial charge in [-0.15, -0.1) is 5.10 Å². The predicted octanol–water partition coefficient (Wildman–Crippen LogP) is 2.96. The summed E-state index contributed by atoms with van der Waals surface area (Å²) in [6.07, 6.45) is 3.36. The number of hydrogen-bond donors (Lipinski definition) is 0. The monoisotopic (exact) mass is 334 g/mol. The quantitative estimate of drug-likeness (QED) is 0.413. The molecule has 0 aliphatic heterocycles. The molecular weight excluding hydrogens is 320 g/mol. The molecule has 3 aromatic heterocycles. The van der Waals surface area contributed by atoms with Crippen molar-refractivity contribution in [3.05, 3.63) is 72.3 Å². The van der Waals surface area contributed by atoms with Gasteiger partial charge in [-0.25, -0.2) is 14.6 Å². The molecule has 0 radical (unpaired) electrons. The summed E-state index contributed by atoms with van der Waals surface area (Å²) in [7, 11) is 0. The van der Waals surface area contributed by atoms with Crippen LogP contribution in [0.2, 0.25) is 0 Å². The Hall–Kier alpha value is -2.80. The van der Waals surface area contributed by atoms with E-state index in [1.54, 1.807) is 29.0 Å². The lowest BCUT2D eigenvalue weighted by atomic mass is 10.2. The topological polar surface area (TPSA) is 69.4 Å². The highest BCUT2D eigenvalue weighted by molar-refractivity contribution is 7.98. The Kier molecular flexibility index (Phi) is 4.16. The Morgan fingerprint density at radius 1 is 0.917 bits per heavy atom. The molecule has 118 valence electrons. The number of nitrogens with zero attached hydrogens (tertiary/aromatic N) is 6. The van der Waals surface area contributed by atoms with Crippen molar-refractivity contribution in [1.82, 2.24) is 29.9 Å². The fraction of sp³-hybridized carbons (Fsp3) is 0.118. The van der Waals surface area contributed by atoms with E-state index in [1.807, 2.05) is 36.4 Å². The van der Waals surface area contributed by atoms with Gasteiger partial charge in [0.05, 0.1) is 12.2 Å². The third kappa shape index (κ3) is 3.11. The smallest absolute Gasteiger partial charge is 0.183 e. The zero-order valence-corrected chi connectivity index (χ0v) is 13.6. The van der Waals surface area contributed by atoms with Crippen LogP contribution in [0.3, 0.4) is 0 Å². The van der Waals surface area contributed by atoms with Gasteiger partial charge in [-0.1, -0.05) is 53.4 Å². The summed E-state index contributed by atoms with van der Waals surface area (Å²) in [4.78, 5) is 13.0. The van der Waals surface area contributed by atoms with Crippen LogP contribution >= 0.6 is 11.8 Å². The van der Waals surface area contributed by atoms with Crippen molar-refractivity contribution in [2.24, 2.45) is 0 Å². The van der Waals surface area contributed by atoms with Gasteiger partial charge in [0, 0.05) is 11.9 Å². The maximum absolute atomic E-state index is 4.35. The first-order valence-electron chi connectivity index (χ1n) is 7.51. The van der Waals surface area contributed by atoms with Crippen LogP contribution in [0.5, 0.6) is 0 Å². The fourth-order valence-electron chi connectivity index (χ4n) is 2.37.